The molecule has 1 aromatic carbocycles. The number of hydrogen-bond donors (Lipinski definition) is 3. The molecule has 2 aliphatic rings. The van der Waals surface area contributed by atoms with Crippen LogP contribution in [0.25, 0.3) is 10.9 Å². The molecule has 3 N–H and O–H groups in total. The molecule has 1 fully saturated rings. The zero-order valence-corrected chi connectivity index (χ0v) is 18.4. The minimum Gasteiger partial charge on any atom is -0.351 e. The monoisotopic (exact) mass is 438 g/mol. The van der Waals surface area contributed by atoms with Gasteiger partial charge >= 0.3 is 0 Å². The Morgan fingerprint density at radius 1 is 1.16 bits per heavy atom. The molecule has 7 heteroatoms. The Bertz CT molecular complexity index is 1080. The molecule has 0 saturated heterocycles. The molecule has 1 aliphatic heterocycles. The van der Waals surface area contributed by atoms with E-state index in [-0.39, 0.29) is 23.9 Å². The van der Waals surface area contributed by atoms with Gasteiger partial charge in [-0.15, -0.1) is 0 Å². The van der Waals surface area contributed by atoms with Crippen molar-refractivity contribution in [1.82, 2.24) is 20.5 Å². The Kier molecular flexibility index (Phi) is 6.64. The number of likely N-dealkylation sites (N-methyl/N-ethyl adjacent to an activating group) is 1. The van der Waals surface area contributed by atoms with Crippen LogP contribution in [0.2, 0.25) is 5.02 Å². The highest BCUT2D eigenvalue weighted by atomic mass is 35.5. The molecule has 2 heterocycles. The zero-order chi connectivity index (χ0) is 21.8. The van der Waals surface area contributed by atoms with Crippen molar-refractivity contribution in [1.29, 1.82) is 0 Å². The Morgan fingerprint density at radius 3 is 2.68 bits per heavy atom. The number of fused-ring (bicyclic) bond motifs is 1. The highest BCUT2D eigenvalue weighted by Gasteiger charge is 2.28. The number of hydrogen-bond acceptors (Lipinski definition) is 3. The van der Waals surface area contributed by atoms with Gasteiger partial charge in [0.05, 0.1) is 0 Å². The van der Waals surface area contributed by atoms with Gasteiger partial charge < -0.3 is 20.5 Å². The van der Waals surface area contributed by atoms with Crippen molar-refractivity contribution in [3.8, 4) is 11.8 Å². The van der Waals surface area contributed by atoms with E-state index >= 15 is 0 Å². The van der Waals surface area contributed by atoms with Crippen LogP contribution in [0, 0.1) is 11.8 Å². The maximum absolute atomic E-state index is 12.8. The summed E-state index contributed by atoms with van der Waals surface area (Å²) in [6.07, 6.45) is 6.64. The second kappa shape index (κ2) is 9.59. The van der Waals surface area contributed by atoms with E-state index in [1.54, 1.807) is 12.1 Å². The van der Waals surface area contributed by atoms with Crippen LogP contribution >= 0.6 is 11.6 Å². The van der Waals surface area contributed by atoms with Gasteiger partial charge in [0.25, 0.3) is 11.8 Å². The minimum atomic E-state index is -0.286. The highest BCUT2D eigenvalue weighted by molar-refractivity contribution is 6.31. The molecule has 2 atom stereocenters. The second-order valence-corrected chi connectivity index (χ2v) is 8.79. The minimum absolute atomic E-state index is 0.121. The molecule has 31 heavy (non-hydrogen) atoms. The van der Waals surface area contributed by atoms with Gasteiger partial charge in [-0.2, -0.15) is 0 Å². The van der Waals surface area contributed by atoms with Crippen LogP contribution in [-0.2, 0) is 4.79 Å². The summed E-state index contributed by atoms with van der Waals surface area (Å²) in [6, 6.07) is 7.03. The third-order valence-electron chi connectivity index (χ3n) is 5.98. The van der Waals surface area contributed by atoms with Crippen molar-refractivity contribution in [3.63, 3.8) is 0 Å². The summed E-state index contributed by atoms with van der Waals surface area (Å²) in [6.45, 7) is 1.82. The molecular formula is C24H27ClN4O2. The average Bonchev–Trinajstić information content (AvgIpc) is 3.18. The molecule has 1 aliphatic carbocycles. The van der Waals surface area contributed by atoms with Crippen molar-refractivity contribution in [2.45, 2.75) is 44.2 Å². The summed E-state index contributed by atoms with van der Waals surface area (Å²) in [5.74, 6) is 5.26. The van der Waals surface area contributed by atoms with Gasteiger partial charge in [0.15, 0.2) is 0 Å². The summed E-state index contributed by atoms with van der Waals surface area (Å²) in [5, 5.41) is 7.63. The molecule has 4 rings (SSSR count). The second-order valence-electron chi connectivity index (χ2n) is 8.35. The van der Waals surface area contributed by atoms with Crippen molar-refractivity contribution >= 4 is 34.3 Å². The SMILES string of the molecule is CN1CC=C(C#CC(=O)N[C@@H]2CCCC[C@@H]2NC(=O)c2cc3cc(Cl)ccc3[nH]2)CC1. The molecule has 2 aromatic rings. The van der Waals surface area contributed by atoms with Crippen LogP contribution in [0.5, 0.6) is 0 Å². The summed E-state index contributed by atoms with van der Waals surface area (Å²) in [5.41, 5.74) is 2.36. The van der Waals surface area contributed by atoms with Crippen molar-refractivity contribution < 1.29 is 9.59 Å². The number of aromatic nitrogens is 1. The van der Waals surface area contributed by atoms with Crippen LogP contribution in [0.15, 0.2) is 35.9 Å². The standard InChI is InChI=1S/C24H27ClN4O2/c1-29-12-10-16(11-13-29)6-9-23(30)27-20-4-2-3-5-21(20)28-24(31)22-15-17-14-18(25)7-8-19(17)26-22/h7-8,10,14-15,20-21,26H,2-5,11-13H2,1H3,(H,27,30)(H,28,31)/t20-,21+/m1/s1. The van der Waals surface area contributed by atoms with Gasteiger partial charge in [-0.25, -0.2) is 0 Å². The van der Waals surface area contributed by atoms with Crippen LogP contribution in [0.1, 0.15) is 42.6 Å². The fraction of sp³-hybridized carbons (Fsp3) is 0.417. The number of nitrogens with one attached hydrogen (secondary N) is 3. The lowest BCUT2D eigenvalue weighted by molar-refractivity contribution is -0.116. The molecule has 0 unspecified atom stereocenters. The number of carbonyl (C=O) groups is 2. The van der Waals surface area contributed by atoms with Crippen molar-refractivity contribution in [2.24, 2.45) is 0 Å². The highest BCUT2D eigenvalue weighted by Crippen LogP contribution is 2.22. The fourth-order valence-corrected chi connectivity index (χ4v) is 4.35. The van der Waals surface area contributed by atoms with Crippen LogP contribution in [-0.4, -0.2) is 53.9 Å². The number of rotatable bonds is 3. The number of aromatic amines is 1. The lowest BCUT2D eigenvalue weighted by atomic mass is 9.90. The Labute approximate surface area is 187 Å². The van der Waals surface area contributed by atoms with Gasteiger partial charge in [0, 0.05) is 46.7 Å². The molecule has 162 valence electrons. The van der Waals surface area contributed by atoms with E-state index < -0.39 is 0 Å². The first-order valence-corrected chi connectivity index (χ1v) is 11.1. The van der Waals surface area contributed by atoms with Gasteiger partial charge in [-0.1, -0.05) is 36.4 Å². The number of nitrogens with zero attached hydrogens (tertiary/aromatic N) is 1. The van der Waals surface area contributed by atoms with Gasteiger partial charge in [0.2, 0.25) is 0 Å². The topological polar surface area (TPSA) is 77.2 Å². The quantitative estimate of drug-likeness (QED) is 0.644. The van der Waals surface area contributed by atoms with Gasteiger partial charge in [0.1, 0.15) is 5.69 Å². The van der Waals surface area contributed by atoms with E-state index in [1.807, 2.05) is 12.1 Å². The Hall–Kier alpha value is -2.75. The van der Waals surface area contributed by atoms with E-state index in [0.717, 1.165) is 61.7 Å². The average molecular weight is 439 g/mol. The van der Waals surface area contributed by atoms with Crippen molar-refractivity contribution in [3.05, 3.63) is 46.6 Å². The first-order valence-electron chi connectivity index (χ1n) is 10.8. The molecule has 1 aromatic heterocycles. The third kappa shape index (κ3) is 5.49. The summed E-state index contributed by atoms with van der Waals surface area (Å²) >= 11 is 6.04. The van der Waals surface area contributed by atoms with E-state index in [2.05, 4.69) is 45.5 Å². The maximum Gasteiger partial charge on any atom is 0.296 e. The summed E-state index contributed by atoms with van der Waals surface area (Å²) in [4.78, 5) is 30.6. The lowest BCUT2D eigenvalue weighted by Gasteiger charge is -2.32. The first-order chi connectivity index (χ1) is 15.0. The van der Waals surface area contributed by atoms with E-state index in [1.165, 1.54) is 0 Å². The molecule has 0 radical (unpaired) electrons. The Morgan fingerprint density at radius 2 is 1.94 bits per heavy atom. The smallest absolute Gasteiger partial charge is 0.296 e. The lowest BCUT2D eigenvalue weighted by Crippen LogP contribution is -2.53. The molecular weight excluding hydrogens is 412 g/mol. The van der Waals surface area contributed by atoms with Crippen LogP contribution in [0.3, 0.4) is 0 Å². The number of amides is 2. The maximum atomic E-state index is 12.8. The number of carbonyl (C=O) groups excluding carboxylic acids is 2. The van der Waals surface area contributed by atoms with E-state index in [4.69, 9.17) is 11.6 Å². The molecule has 0 bridgehead atoms. The zero-order valence-electron chi connectivity index (χ0n) is 17.6. The number of H-pyrrole nitrogens is 1. The van der Waals surface area contributed by atoms with E-state index in [9.17, 15) is 9.59 Å². The molecule has 2 amide bonds. The molecule has 1 saturated carbocycles. The van der Waals surface area contributed by atoms with Crippen molar-refractivity contribution in [2.75, 3.05) is 20.1 Å². The third-order valence-corrected chi connectivity index (χ3v) is 6.21. The predicted octanol–water partition coefficient (Wildman–Crippen LogP) is 3.24. The normalized spacial score (nSPS) is 21.7. The van der Waals surface area contributed by atoms with E-state index in [0.29, 0.717) is 10.7 Å². The van der Waals surface area contributed by atoms with Gasteiger partial charge in [-0.3, -0.25) is 9.59 Å². The van der Waals surface area contributed by atoms with Gasteiger partial charge in [-0.05, 0) is 56.5 Å². The molecule has 0 spiro atoms. The van der Waals surface area contributed by atoms with Crippen LogP contribution < -0.4 is 10.6 Å². The fourth-order valence-electron chi connectivity index (χ4n) is 4.17. The number of halogens is 1. The first kappa shape index (κ1) is 21.5. The molecule has 6 nitrogen and oxygen atoms in total. The summed E-state index contributed by atoms with van der Waals surface area (Å²) < 4.78 is 0. The Balaban J connectivity index is 1.39. The largest absolute Gasteiger partial charge is 0.351 e. The predicted molar refractivity (Wildman–Crippen MR) is 123 cm³/mol. The number of benzene rings is 1. The summed E-state index contributed by atoms with van der Waals surface area (Å²) in [7, 11) is 2.07. The van der Waals surface area contributed by atoms with Crippen LogP contribution in [0.4, 0.5) is 0 Å².